The topological polar surface area (TPSA) is 41.6 Å². The number of benzene rings is 3. The molecule has 3 aromatic carbocycles. The molecule has 0 radical (unpaired) electrons. The highest BCUT2D eigenvalue weighted by Crippen LogP contribution is 2.37. The Bertz CT molecular complexity index is 971. The van der Waals surface area contributed by atoms with E-state index in [0.717, 1.165) is 29.1 Å². The lowest BCUT2D eigenvalue weighted by Crippen LogP contribution is -2.43. The van der Waals surface area contributed by atoms with Crippen LogP contribution in [0.15, 0.2) is 72.8 Å². The van der Waals surface area contributed by atoms with Crippen LogP contribution in [0, 0.1) is 0 Å². The van der Waals surface area contributed by atoms with Gasteiger partial charge >= 0.3 is 0 Å². The van der Waals surface area contributed by atoms with Gasteiger partial charge in [0.2, 0.25) is 0 Å². The maximum atomic E-state index is 13.4. The quantitative estimate of drug-likeness (QED) is 0.587. The first-order chi connectivity index (χ1) is 13.7. The predicted octanol–water partition coefficient (Wildman–Crippen LogP) is 5.90. The largest absolute Gasteiger partial charge is 0.494 e. The number of hydrogen-bond acceptors (Lipinski definition) is 3. The van der Waals surface area contributed by atoms with Gasteiger partial charge in [-0.05, 0) is 60.5 Å². The fourth-order valence-electron chi connectivity index (χ4n) is 3.32. The summed E-state index contributed by atoms with van der Waals surface area (Å²) in [6.45, 7) is 2.74. The first-order valence-electron chi connectivity index (χ1n) is 9.35. The van der Waals surface area contributed by atoms with Gasteiger partial charge in [-0.25, -0.2) is 0 Å². The number of rotatable bonds is 5. The maximum absolute atomic E-state index is 13.4. The molecule has 0 saturated carbocycles. The van der Waals surface area contributed by atoms with E-state index in [0.29, 0.717) is 17.2 Å². The van der Waals surface area contributed by atoms with E-state index in [9.17, 15) is 4.79 Å². The summed E-state index contributed by atoms with van der Waals surface area (Å²) in [7, 11) is 0. The van der Waals surface area contributed by atoms with Crippen molar-refractivity contribution in [1.29, 1.82) is 0 Å². The van der Waals surface area contributed by atoms with Crippen LogP contribution < -0.4 is 15.0 Å². The van der Waals surface area contributed by atoms with Crippen molar-refractivity contribution in [2.24, 2.45) is 0 Å². The van der Waals surface area contributed by atoms with Crippen molar-refractivity contribution in [3.8, 4) is 5.75 Å². The lowest BCUT2D eigenvalue weighted by atomic mass is 10.0. The Morgan fingerprint density at radius 3 is 2.43 bits per heavy atom. The molecule has 1 aliphatic rings. The zero-order valence-electron chi connectivity index (χ0n) is 15.6. The number of fused-ring (bicyclic) bond motifs is 1. The highest BCUT2D eigenvalue weighted by molar-refractivity contribution is 6.30. The Labute approximate surface area is 169 Å². The SMILES string of the molecule is CCCOc1ccc(N2C(=O)c3ccccc3N[C@@H]2c2ccc(Cl)cc2)cc1. The van der Waals surface area contributed by atoms with Gasteiger partial charge in [-0.2, -0.15) is 0 Å². The van der Waals surface area contributed by atoms with Gasteiger partial charge < -0.3 is 10.1 Å². The molecule has 0 fully saturated rings. The van der Waals surface area contributed by atoms with E-state index >= 15 is 0 Å². The molecule has 1 amide bonds. The number of nitrogens with zero attached hydrogens (tertiary/aromatic N) is 1. The van der Waals surface area contributed by atoms with Crippen molar-refractivity contribution >= 4 is 28.9 Å². The van der Waals surface area contributed by atoms with E-state index < -0.39 is 0 Å². The van der Waals surface area contributed by atoms with E-state index in [1.807, 2.05) is 72.8 Å². The van der Waals surface area contributed by atoms with E-state index in [1.54, 1.807) is 4.90 Å². The van der Waals surface area contributed by atoms with Crippen LogP contribution >= 0.6 is 11.6 Å². The second-order valence-corrected chi connectivity index (χ2v) is 7.10. The Kier molecular flexibility index (Phi) is 5.22. The second-order valence-electron chi connectivity index (χ2n) is 6.66. The number of ether oxygens (including phenoxy) is 1. The summed E-state index contributed by atoms with van der Waals surface area (Å²) in [6, 6.07) is 22.8. The Balaban J connectivity index is 1.74. The summed E-state index contributed by atoms with van der Waals surface area (Å²) in [5, 5.41) is 4.15. The van der Waals surface area contributed by atoms with Crippen LogP contribution in [0.25, 0.3) is 0 Å². The molecule has 0 spiro atoms. The van der Waals surface area contributed by atoms with Gasteiger partial charge in [0, 0.05) is 16.4 Å². The van der Waals surface area contributed by atoms with Crippen molar-refractivity contribution < 1.29 is 9.53 Å². The van der Waals surface area contributed by atoms with Crippen molar-refractivity contribution in [1.82, 2.24) is 0 Å². The standard InChI is InChI=1S/C23H21ClN2O2/c1-2-15-28-19-13-11-18(12-14-19)26-22(16-7-9-17(24)10-8-16)25-21-6-4-3-5-20(21)23(26)27/h3-14,22,25H,2,15H2,1H3/t22-/m0/s1. The highest BCUT2D eigenvalue weighted by atomic mass is 35.5. The molecule has 1 N–H and O–H groups in total. The van der Waals surface area contributed by atoms with Crippen LogP contribution in [-0.2, 0) is 0 Å². The number of amides is 1. The average molecular weight is 393 g/mol. The van der Waals surface area contributed by atoms with Gasteiger partial charge in [0.05, 0.1) is 12.2 Å². The zero-order chi connectivity index (χ0) is 19.5. The number of anilines is 2. The molecule has 4 nitrogen and oxygen atoms in total. The molecular weight excluding hydrogens is 372 g/mol. The average Bonchev–Trinajstić information content (AvgIpc) is 2.73. The van der Waals surface area contributed by atoms with Crippen molar-refractivity contribution in [3.63, 3.8) is 0 Å². The summed E-state index contributed by atoms with van der Waals surface area (Å²) >= 11 is 6.06. The van der Waals surface area contributed by atoms with E-state index in [2.05, 4.69) is 12.2 Å². The van der Waals surface area contributed by atoms with Crippen molar-refractivity contribution in [2.45, 2.75) is 19.5 Å². The maximum Gasteiger partial charge on any atom is 0.262 e. The summed E-state index contributed by atoms with van der Waals surface area (Å²) in [5.41, 5.74) is 3.24. The van der Waals surface area contributed by atoms with Gasteiger partial charge in [-0.15, -0.1) is 0 Å². The number of nitrogens with one attached hydrogen (secondary N) is 1. The fraction of sp³-hybridized carbons (Fsp3) is 0.174. The smallest absolute Gasteiger partial charge is 0.262 e. The predicted molar refractivity (Wildman–Crippen MR) is 113 cm³/mol. The summed E-state index contributed by atoms with van der Waals surface area (Å²) < 4.78 is 5.67. The van der Waals surface area contributed by atoms with Crippen LogP contribution in [0.1, 0.15) is 35.4 Å². The minimum atomic E-state index is -0.331. The number of halogens is 1. The molecule has 1 heterocycles. The minimum Gasteiger partial charge on any atom is -0.494 e. The van der Waals surface area contributed by atoms with Crippen LogP contribution in [0.2, 0.25) is 5.02 Å². The highest BCUT2D eigenvalue weighted by Gasteiger charge is 2.33. The lowest BCUT2D eigenvalue weighted by molar-refractivity contribution is 0.0975. The number of carbonyl (C=O) groups is 1. The van der Waals surface area contributed by atoms with Crippen LogP contribution in [-0.4, -0.2) is 12.5 Å². The molecule has 1 aliphatic heterocycles. The molecule has 28 heavy (non-hydrogen) atoms. The van der Waals surface area contributed by atoms with Gasteiger partial charge in [0.1, 0.15) is 11.9 Å². The molecule has 0 saturated heterocycles. The Hall–Kier alpha value is -2.98. The van der Waals surface area contributed by atoms with E-state index in [4.69, 9.17) is 16.3 Å². The fourth-order valence-corrected chi connectivity index (χ4v) is 3.45. The first kappa shape index (κ1) is 18.4. The van der Waals surface area contributed by atoms with Crippen LogP contribution in [0.5, 0.6) is 5.75 Å². The lowest BCUT2D eigenvalue weighted by Gasteiger charge is -2.38. The summed E-state index contributed by atoms with van der Waals surface area (Å²) in [5.74, 6) is 0.753. The van der Waals surface area contributed by atoms with Gasteiger partial charge in [0.25, 0.3) is 5.91 Å². The molecule has 0 aliphatic carbocycles. The Morgan fingerprint density at radius 2 is 1.71 bits per heavy atom. The molecule has 0 unspecified atom stereocenters. The van der Waals surface area contributed by atoms with E-state index in [1.165, 1.54) is 0 Å². The van der Waals surface area contributed by atoms with Crippen LogP contribution in [0.4, 0.5) is 11.4 Å². The number of para-hydroxylation sites is 1. The number of hydrogen-bond donors (Lipinski definition) is 1. The molecular formula is C23H21ClN2O2. The molecule has 5 heteroatoms. The number of carbonyl (C=O) groups excluding carboxylic acids is 1. The zero-order valence-corrected chi connectivity index (χ0v) is 16.3. The Morgan fingerprint density at radius 1 is 1.00 bits per heavy atom. The van der Waals surface area contributed by atoms with Gasteiger partial charge in [-0.1, -0.05) is 42.8 Å². The summed E-state index contributed by atoms with van der Waals surface area (Å²) in [4.78, 5) is 15.1. The van der Waals surface area contributed by atoms with Crippen molar-refractivity contribution in [3.05, 3.63) is 88.9 Å². The third-order valence-corrected chi connectivity index (χ3v) is 4.95. The first-order valence-corrected chi connectivity index (χ1v) is 9.72. The minimum absolute atomic E-state index is 0.0449. The van der Waals surface area contributed by atoms with Gasteiger partial charge in [0.15, 0.2) is 0 Å². The molecule has 3 aromatic rings. The molecule has 142 valence electrons. The van der Waals surface area contributed by atoms with Crippen LogP contribution in [0.3, 0.4) is 0 Å². The molecule has 0 aromatic heterocycles. The molecule has 0 bridgehead atoms. The molecule has 1 atom stereocenters. The van der Waals surface area contributed by atoms with E-state index in [-0.39, 0.29) is 12.1 Å². The monoisotopic (exact) mass is 392 g/mol. The third kappa shape index (κ3) is 3.56. The second kappa shape index (κ2) is 7.95. The molecule has 4 rings (SSSR count). The van der Waals surface area contributed by atoms with Crippen molar-refractivity contribution in [2.75, 3.05) is 16.8 Å². The third-order valence-electron chi connectivity index (χ3n) is 4.70. The summed E-state index contributed by atoms with van der Waals surface area (Å²) in [6.07, 6.45) is 0.619. The normalized spacial score (nSPS) is 15.7. The van der Waals surface area contributed by atoms with Gasteiger partial charge in [-0.3, -0.25) is 9.69 Å².